The lowest BCUT2D eigenvalue weighted by atomic mass is 9.92. The van der Waals surface area contributed by atoms with Crippen LogP contribution < -0.4 is 4.74 Å². The third-order valence-corrected chi connectivity index (χ3v) is 5.95. The molecule has 0 radical (unpaired) electrons. The van der Waals surface area contributed by atoms with Crippen LogP contribution in [0.5, 0.6) is 5.75 Å². The van der Waals surface area contributed by atoms with E-state index in [1.165, 1.54) is 6.42 Å². The summed E-state index contributed by atoms with van der Waals surface area (Å²) in [4.78, 5) is 17.2. The number of benzene rings is 1. The Hall–Kier alpha value is -2.19. The predicted molar refractivity (Wildman–Crippen MR) is 126 cm³/mol. The summed E-state index contributed by atoms with van der Waals surface area (Å²) in [5.74, 6) is 1.74. The summed E-state index contributed by atoms with van der Waals surface area (Å²) in [6, 6.07) is 7.77. The highest BCUT2D eigenvalue weighted by molar-refractivity contribution is 7.71. The monoisotopic (exact) mass is 445 g/mol. The molecule has 0 bridgehead atoms. The van der Waals surface area contributed by atoms with Crippen molar-refractivity contribution in [1.82, 2.24) is 24.6 Å². The van der Waals surface area contributed by atoms with Crippen LogP contribution in [0.2, 0.25) is 0 Å². The van der Waals surface area contributed by atoms with Crippen LogP contribution in [0.15, 0.2) is 24.3 Å². The summed E-state index contributed by atoms with van der Waals surface area (Å²) < 4.78 is 7.94. The second-order valence-corrected chi connectivity index (χ2v) is 9.63. The van der Waals surface area contributed by atoms with Gasteiger partial charge in [0.2, 0.25) is 5.91 Å². The van der Waals surface area contributed by atoms with Crippen LogP contribution in [0.1, 0.15) is 40.5 Å². The highest BCUT2D eigenvalue weighted by Crippen LogP contribution is 2.22. The number of H-pyrrole nitrogens is 1. The minimum Gasteiger partial charge on any atom is -0.494 e. The van der Waals surface area contributed by atoms with Gasteiger partial charge < -0.3 is 9.64 Å². The third-order valence-electron chi connectivity index (χ3n) is 5.63. The number of carbonyl (C=O) groups excluding carboxylic acids is 1. The highest BCUT2D eigenvalue weighted by atomic mass is 32.1. The lowest BCUT2D eigenvalue weighted by Gasteiger charge is -2.36. The van der Waals surface area contributed by atoms with Crippen molar-refractivity contribution in [2.45, 2.75) is 47.1 Å². The van der Waals surface area contributed by atoms with Crippen molar-refractivity contribution >= 4 is 18.1 Å². The molecule has 2 heterocycles. The maximum absolute atomic E-state index is 12.8. The van der Waals surface area contributed by atoms with Crippen LogP contribution in [0, 0.1) is 10.2 Å². The Bertz CT molecular complexity index is 905. The van der Waals surface area contributed by atoms with Crippen LogP contribution in [0.4, 0.5) is 0 Å². The van der Waals surface area contributed by atoms with Gasteiger partial charge in [-0.2, -0.15) is 5.10 Å². The van der Waals surface area contributed by atoms with E-state index in [1.54, 1.807) is 0 Å². The first-order valence-corrected chi connectivity index (χ1v) is 11.6. The lowest BCUT2D eigenvalue weighted by molar-refractivity contribution is -0.133. The van der Waals surface area contributed by atoms with Gasteiger partial charge in [0.15, 0.2) is 10.6 Å². The first-order chi connectivity index (χ1) is 14.8. The first-order valence-electron chi connectivity index (χ1n) is 11.2. The summed E-state index contributed by atoms with van der Waals surface area (Å²) in [5.41, 5.74) is 1.29. The van der Waals surface area contributed by atoms with Crippen LogP contribution in [-0.4, -0.2) is 69.8 Å². The molecule has 1 saturated heterocycles. The minimum absolute atomic E-state index is 0.177. The van der Waals surface area contributed by atoms with Crippen LogP contribution in [-0.2, 0) is 11.3 Å². The Morgan fingerprint density at radius 2 is 1.81 bits per heavy atom. The normalized spacial score (nSPS) is 15.3. The van der Waals surface area contributed by atoms with Gasteiger partial charge in [-0.3, -0.25) is 19.4 Å². The van der Waals surface area contributed by atoms with E-state index in [2.05, 4.69) is 35.9 Å². The molecular formula is C23H35N5O2S. The molecule has 3 rings (SSSR count). The number of amides is 1. The number of ether oxygens (including phenoxy) is 1. The number of aromatic amines is 1. The quantitative estimate of drug-likeness (QED) is 0.623. The molecule has 1 aromatic heterocycles. The van der Waals surface area contributed by atoms with Crippen molar-refractivity contribution in [3.8, 4) is 17.1 Å². The van der Waals surface area contributed by atoms with E-state index in [-0.39, 0.29) is 5.91 Å². The molecule has 1 fully saturated rings. The highest BCUT2D eigenvalue weighted by Gasteiger charge is 2.22. The van der Waals surface area contributed by atoms with E-state index >= 15 is 0 Å². The fourth-order valence-corrected chi connectivity index (χ4v) is 3.92. The summed E-state index contributed by atoms with van der Waals surface area (Å²) >= 11 is 5.41. The largest absolute Gasteiger partial charge is 0.494 e. The average molecular weight is 446 g/mol. The van der Waals surface area contributed by atoms with Crippen molar-refractivity contribution < 1.29 is 9.53 Å². The Morgan fingerprint density at radius 3 is 2.42 bits per heavy atom. The van der Waals surface area contributed by atoms with Crippen molar-refractivity contribution in [2.24, 2.45) is 5.41 Å². The standard InChI is InChI=1S/C23H35N5O2S/c1-5-30-19-8-6-18(7-9-19)21-24-25-22(31)28(21)12-10-20(29)27-16-14-26(15-17-27)13-11-23(2,3)4/h6-9H,5,10-17H2,1-4H3,(H,25,31). The van der Waals surface area contributed by atoms with Gasteiger partial charge in [-0.05, 0) is 61.8 Å². The van der Waals surface area contributed by atoms with Gasteiger partial charge in [0, 0.05) is 44.7 Å². The second kappa shape index (κ2) is 10.4. The zero-order valence-corrected chi connectivity index (χ0v) is 20.0. The SMILES string of the molecule is CCOc1ccc(-c2n[nH]c(=S)n2CCC(=O)N2CCN(CCC(C)(C)C)CC2)cc1. The van der Waals surface area contributed by atoms with Gasteiger partial charge >= 0.3 is 0 Å². The fraction of sp³-hybridized carbons (Fsp3) is 0.609. The van der Waals surface area contributed by atoms with Crippen molar-refractivity contribution in [3.63, 3.8) is 0 Å². The van der Waals surface area contributed by atoms with E-state index in [0.717, 1.165) is 49.9 Å². The van der Waals surface area contributed by atoms with E-state index in [1.807, 2.05) is 40.7 Å². The molecule has 1 amide bonds. The molecule has 7 nitrogen and oxygen atoms in total. The molecule has 0 atom stereocenters. The Labute approximate surface area is 190 Å². The van der Waals surface area contributed by atoms with Gasteiger partial charge in [0.05, 0.1) is 6.61 Å². The maximum atomic E-state index is 12.8. The molecule has 0 aliphatic carbocycles. The molecule has 8 heteroatoms. The van der Waals surface area contributed by atoms with Crippen molar-refractivity contribution in [2.75, 3.05) is 39.3 Å². The summed E-state index contributed by atoms with van der Waals surface area (Å²) in [6.45, 7) is 14.5. The zero-order valence-electron chi connectivity index (χ0n) is 19.2. The molecule has 2 aromatic rings. The van der Waals surface area contributed by atoms with Gasteiger partial charge in [0.1, 0.15) is 5.75 Å². The number of piperazine rings is 1. The number of carbonyl (C=O) groups is 1. The number of aromatic nitrogens is 3. The zero-order chi connectivity index (χ0) is 22.4. The maximum Gasteiger partial charge on any atom is 0.224 e. The number of nitrogens with one attached hydrogen (secondary N) is 1. The number of nitrogens with zero attached hydrogens (tertiary/aromatic N) is 4. The Kier molecular flexibility index (Phi) is 7.89. The molecular weight excluding hydrogens is 410 g/mol. The molecule has 1 aliphatic heterocycles. The lowest BCUT2D eigenvalue weighted by Crippen LogP contribution is -2.49. The second-order valence-electron chi connectivity index (χ2n) is 9.24. The smallest absolute Gasteiger partial charge is 0.224 e. The van der Waals surface area contributed by atoms with E-state index in [0.29, 0.717) is 29.8 Å². The topological polar surface area (TPSA) is 66.4 Å². The third kappa shape index (κ3) is 6.64. The predicted octanol–water partition coefficient (Wildman–Crippen LogP) is 3.98. The minimum atomic E-state index is 0.177. The van der Waals surface area contributed by atoms with Gasteiger partial charge in [0.25, 0.3) is 0 Å². The summed E-state index contributed by atoms with van der Waals surface area (Å²) in [7, 11) is 0. The van der Waals surface area contributed by atoms with Crippen LogP contribution in [0.3, 0.4) is 0 Å². The van der Waals surface area contributed by atoms with Crippen LogP contribution in [0.25, 0.3) is 11.4 Å². The summed E-state index contributed by atoms with van der Waals surface area (Å²) in [6.07, 6.45) is 1.59. The molecule has 0 spiro atoms. The van der Waals surface area contributed by atoms with E-state index in [4.69, 9.17) is 17.0 Å². The molecule has 1 aliphatic rings. The molecule has 0 saturated carbocycles. The number of hydrogen-bond acceptors (Lipinski definition) is 5. The van der Waals surface area contributed by atoms with Gasteiger partial charge in [-0.15, -0.1) is 0 Å². The Balaban J connectivity index is 1.54. The Morgan fingerprint density at radius 1 is 1.13 bits per heavy atom. The number of hydrogen-bond donors (Lipinski definition) is 1. The average Bonchev–Trinajstić information content (AvgIpc) is 3.11. The van der Waals surface area contributed by atoms with E-state index < -0.39 is 0 Å². The number of rotatable bonds is 8. The van der Waals surface area contributed by atoms with E-state index in [9.17, 15) is 4.79 Å². The molecule has 1 N–H and O–H groups in total. The van der Waals surface area contributed by atoms with Crippen LogP contribution >= 0.6 is 12.2 Å². The van der Waals surface area contributed by atoms with Gasteiger partial charge in [-0.25, -0.2) is 0 Å². The van der Waals surface area contributed by atoms with Gasteiger partial charge in [-0.1, -0.05) is 20.8 Å². The molecule has 0 unspecified atom stereocenters. The molecule has 1 aromatic carbocycles. The molecule has 170 valence electrons. The molecule has 31 heavy (non-hydrogen) atoms. The van der Waals surface area contributed by atoms with Crippen molar-refractivity contribution in [1.29, 1.82) is 0 Å². The summed E-state index contributed by atoms with van der Waals surface area (Å²) in [5, 5.41) is 7.24. The fourth-order valence-electron chi connectivity index (χ4n) is 3.69. The van der Waals surface area contributed by atoms with Crippen molar-refractivity contribution in [3.05, 3.63) is 29.0 Å². The first kappa shape index (κ1) is 23.5.